The zero-order valence-corrected chi connectivity index (χ0v) is 14.4. The number of nitrogens with zero attached hydrogens (tertiary/aromatic N) is 1. The van der Waals surface area contributed by atoms with Crippen LogP contribution in [0.2, 0.25) is 0 Å². The fourth-order valence-electron chi connectivity index (χ4n) is 2.01. The Morgan fingerprint density at radius 2 is 2.04 bits per heavy atom. The van der Waals surface area contributed by atoms with Gasteiger partial charge in [0.1, 0.15) is 11.5 Å². The summed E-state index contributed by atoms with van der Waals surface area (Å²) in [7, 11) is 3.08. The van der Waals surface area contributed by atoms with Crippen molar-refractivity contribution >= 4 is 5.96 Å². The van der Waals surface area contributed by atoms with Gasteiger partial charge in [0.25, 0.3) is 0 Å². The van der Waals surface area contributed by atoms with Crippen LogP contribution in [-0.2, 0) is 11.3 Å². The van der Waals surface area contributed by atoms with Crippen LogP contribution in [0.5, 0.6) is 11.5 Å². The molecule has 24 heavy (non-hydrogen) atoms. The summed E-state index contributed by atoms with van der Waals surface area (Å²) >= 11 is 0. The third-order valence-corrected chi connectivity index (χ3v) is 3.04. The van der Waals surface area contributed by atoms with Crippen LogP contribution in [0, 0.1) is 0 Å². The van der Waals surface area contributed by atoms with Crippen molar-refractivity contribution in [2.75, 3.05) is 27.4 Å². The number of hydrogen-bond donors (Lipinski definition) is 2. The van der Waals surface area contributed by atoms with Crippen LogP contribution in [-0.4, -0.2) is 46.0 Å². The number of rotatable bonds is 9. The molecular weight excluding hydrogens is 320 g/mol. The minimum absolute atomic E-state index is 0.0499. The molecule has 0 bridgehead atoms. The summed E-state index contributed by atoms with van der Waals surface area (Å²) in [6.07, 6.45) is 0. The maximum Gasteiger partial charge on any atom is 0.387 e. The van der Waals surface area contributed by atoms with Gasteiger partial charge in [-0.3, -0.25) is 0 Å². The van der Waals surface area contributed by atoms with Crippen molar-refractivity contribution in [2.45, 2.75) is 33.0 Å². The molecule has 0 saturated heterocycles. The lowest BCUT2D eigenvalue weighted by Gasteiger charge is -2.17. The first-order valence-corrected chi connectivity index (χ1v) is 7.65. The van der Waals surface area contributed by atoms with E-state index in [4.69, 9.17) is 9.47 Å². The molecule has 0 saturated carbocycles. The normalized spacial score (nSPS) is 12.9. The maximum absolute atomic E-state index is 12.6. The predicted octanol–water partition coefficient (Wildman–Crippen LogP) is 2.39. The molecule has 1 aromatic rings. The van der Waals surface area contributed by atoms with Crippen LogP contribution < -0.4 is 20.1 Å². The molecule has 2 N–H and O–H groups in total. The van der Waals surface area contributed by atoms with Crippen molar-refractivity contribution in [2.24, 2.45) is 4.99 Å². The number of alkyl halides is 2. The van der Waals surface area contributed by atoms with Crippen molar-refractivity contribution in [3.05, 3.63) is 23.8 Å². The quantitative estimate of drug-likeness (QED) is 0.531. The van der Waals surface area contributed by atoms with Gasteiger partial charge in [-0.25, -0.2) is 4.99 Å². The molecule has 0 radical (unpaired) electrons. The second-order valence-corrected chi connectivity index (χ2v) is 5.05. The van der Waals surface area contributed by atoms with E-state index in [0.29, 0.717) is 30.4 Å². The summed E-state index contributed by atoms with van der Waals surface area (Å²) in [6.45, 7) is 2.36. The topological polar surface area (TPSA) is 64.1 Å². The van der Waals surface area contributed by atoms with E-state index in [1.807, 2.05) is 13.8 Å². The Morgan fingerprint density at radius 1 is 1.29 bits per heavy atom. The van der Waals surface area contributed by atoms with Gasteiger partial charge in [-0.2, -0.15) is 8.78 Å². The van der Waals surface area contributed by atoms with Gasteiger partial charge in [-0.05, 0) is 26.0 Å². The standard InChI is InChI=1S/C16H25F2N3O3/c1-5-19-16(21-11(2)10-22-3)20-9-12-6-7-13(23-4)8-14(12)24-15(17)18/h6-8,11,15H,5,9-10H2,1-4H3,(H2,19,20,21). The molecule has 1 aromatic carbocycles. The van der Waals surface area contributed by atoms with Crippen LogP contribution in [0.1, 0.15) is 19.4 Å². The summed E-state index contributed by atoms with van der Waals surface area (Å²) in [5.74, 6) is 1.06. The van der Waals surface area contributed by atoms with Crippen LogP contribution in [0.3, 0.4) is 0 Å². The first-order chi connectivity index (χ1) is 11.5. The molecule has 0 aliphatic heterocycles. The van der Waals surface area contributed by atoms with E-state index in [1.54, 1.807) is 19.2 Å². The van der Waals surface area contributed by atoms with Gasteiger partial charge >= 0.3 is 6.61 Å². The second kappa shape index (κ2) is 10.6. The highest BCUT2D eigenvalue weighted by molar-refractivity contribution is 5.80. The van der Waals surface area contributed by atoms with E-state index >= 15 is 0 Å². The Hall–Kier alpha value is -2.09. The molecule has 0 aromatic heterocycles. The smallest absolute Gasteiger partial charge is 0.387 e. The number of halogens is 2. The average molecular weight is 345 g/mol. The van der Waals surface area contributed by atoms with Gasteiger partial charge < -0.3 is 24.8 Å². The van der Waals surface area contributed by atoms with E-state index in [2.05, 4.69) is 20.4 Å². The first-order valence-electron chi connectivity index (χ1n) is 7.65. The Labute approximate surface area is 141 Å². The number of methoxy groups -OCH3 is 2. The average Bonchev–Trinajstić information content (AvgIpc) is 2.53. The summed E-state index contributed by atoms with van der Waals surface area (Å²) in [5, 5.41) is 6.27. The summed E-state index contributed by atoms with van der Waals surface area (Å²) in [5.41, 5.74) is 0.535. The first kappa shape index (κ1) is 20.0. The lowest BCUT2D eigenvalue weighted by Crippen LogP contribution is -2.43. The van der Waals surface area contributed by atoms with Crippen LogP contribution >= 0.6 is 0 Å². The molecule has 0 aliphatic carbocycles. The zero-order valence-electron chi connectivity index (χ0n) is 14.4. The van der Waals surface area contributed by atoms with Crippen LogP contribution in [0.4, 0.5) is 8.78 Å². The van der Waals surface area contributed by atoms with Gasteiger partial charge in [0.05, 0.1) is 20.3 Å². The SMILES string of the molecule is CCNC(=NCc1ccc(OC)cc1OC(F)F)NC(C)COC. The molecule has 6 nitrogen and oxygen atoms in total. The molecule has 8 heteroatoms. The molecule has 0 spiro atoms. The second-order valence-electron chi connectivity index (χ2n) is 5.05. The van der Waals surface area contributed by atoms with Crippen molar-refractivity contribution in [1.29, 1.82) is 0 Å². The summed E-state index contributed by atoms with van der Waals surface area (Å²) in [6, 6.07) is 4.81. The van der Waals surface area contributed by atoms with Gasteiger partial charge in [0.2, 0.25) is 0 Å². The fraction of sp³-hybridized carbons (Fsp3) is 0.562. The largest absolute Gasteiger partial charge is 0.497 e. The lowest BCUT2D eigenvalue weighted by atomic mass is 10.2. The molecule has 0 amide bonds. The van der Waals surface area contributed by atoms with E-state index in [1.165, 1.54) is 13.2 Å². The molecule has 0 aliphatic rings. The lowest BCUT2D eigenvalue weighted by molar-refractivity contribution is -0.0505. The maximum atomic E-state index is 12.6. The molecule has 1 unspecified atom stereocenters. The van der Waals surface area contributed by atoms with Crippen LogP contribution in [0.25, 0.3) is 0 Å². The molecule has 136 valence electrons. The Balaban J connectivity index is 2.90. The van der Waals surface area contributed by atoms with Crippen LogP contribution in [0.15, 0.2) is 23.2 Å². The third kappa shape index (κ3) is 6.99. The summed E-state index contributed by atoms with van der Waals surface area (Å²) < 4.78 is 39.8. The van der Waals surface area contributed by atoms with Crippen molar-refractivity contribution < 1.29 is 23.0 Å². The monoisotopic (exact) mass is 345 g/mol. The molecule has 0 heterocycles. The number of benzene rings is 1. The number of ether oxygens (including phenoxy) is 3. The van der Waals surface area contributed by atoms with Gasteiger partial charge in [0.15, 0.2) is 5.96 Å². The van der Waals surface area contributed by atoms with E-state index in [0.717, 1.165) is 0 Å². The Bertz CT molecular complexity index is 527. The highest BCUT2D eigenvalue weighted by Crippen LogP contribution is 2.27. The zero-order chi connectivity index (χ0) is 17.9. The Kier molecular flexibility index (Phi) is 8.85. The van der Waals surface area contributed by atoms with Crippen molar-refractivity contribution in [3.8, 4) is 11.5 Å². The number of guanidine groups is 1. The number of aliphatic imine (C=N–C) groups is 1. The third-order valence-electron chi connectivity index (χ3n) is 3.04. The highest BCUT2D eigenvalue weighted by atomic mass is 19.3. The van der Waals surface area contributed by atoms with Gasteiger partial charge in [-0.15, -0.1) is 0 Å². The number of hydrogen-bond acceptors (Lipinski definition) is 4. The molecule has 1 rings (SSSR count). The van der Waals surface area contributed by atoms with Gasteiger partial charge in [0, 0.05) is 31.3 Å². The highest BCUT2D eigenvalue weighted by Gasteiger charge is 2.12. The molecule has 1 atom stereocenters. The number of nitrogens with one attached hydrogen (secondary N) is 2. The summed E-state index contributed by atoms with van der Waals surface area (Å²) in [4.78, 5) is 4.40. The molecule has 0 fully saturated rings. The molecular formula is C16H25F2N3O3. The Morgan fingerprint density at radius 3 is 2.62 bits per heavy atom. The minimum Gasteiger partial charge on any atom is -0.497 e. The van der Waals surface area contributed by atoms with Crippen molar-refractivity contribution in [3.63, 3.8) is 0 Å². The van der Waals surface area contributed by atoms with E-state index in [9.17, 15) is 8.78 Å². The van der Waals surface area contributed by atoms with Crippen molar-refractivity contribution in [1.82, 2.24) is 10.6 Å². The van der Waals surface area contributed by atoms with Gasteiger partial charge in [-0.1, -0.05) is 0 Å². The van der Waals surface area contributed by atoms with E-state index < -0.39 is 6.61 Å². The fourth-order valence-corrected chi connectivity index (χ4v) is 2.01. The van der Waals surface area contributed by atoms with E-state index in [-0.39, 0.29) is 18.3 Å². The predicted molar refractivity (Wildman–Crippen MR) is 88.9 cm³/mol. The minimum atomic E-state index is -2.91.